The van der Waals surface area contributed by atoms with Gasteiger partial charge in [0, 0.05) is 30.4 Å². The van der Waals surface area contributed by atoms with Crippen molar-refractivity contribution in [2.45, 2.75) is 94.5 Å². The molecule has 3 amide bonds. The molecule has 42 heavy (non-hydrogen) atoms. The van der Waals surface area contributed by atoms with Gasteiger partial charge >= 0.3 is 0 Å². The first-order valence-electron chi connectivity index (χ1n) is 15.5. The van der Waals surface area contributed by atoms with Crippen LogP contribution in [0, 0.1) is 17.8 Å². The summed E-state index contributed by atoms with van der Waals surface area (Å²) in [5, 5.41) is 10.6. The van der Waals surface area contributed by atoms with Crippen LogP contribution in [0.1, 0.15) is 65.9 Å². The summed E-state index contributed by atoms with van der Waals surface area (Å²) in [6, 6.07) is 8.58. The molecule has 4 rings (SSSR count). The van der Waals surface area contributed by atoms with Gasteiger partial charge in [0.25, 0.3) is 0 Å². The van der Waals surface area contributed by atoms with E-state index in [1.165, 1.54) is 0 Å². The van der Waals surface area contributed by atoms with Crippen LogP contribution in [0.4, 0.5) is 0 Å². The Kier molecular flexibility index (Phi) is 9.98. The minimum atomic E-state index is -0.750. The molecule has 2 bridgehead atoms. The molecule has 1 aromatic rings. The SMILES string of the molecule is C=CCN(Cc1ccccc1)C(=O)[C@@H]1[C@H]2C(=O)N([C@@H](CO)C(C)C)C(C(=O)N(CC=C)C(C)CCC)C23CC[C@@]1(C)S3. The van der Waals surface area contributed by atoms with E-state index in [9.17, 15) is 19.5 Å². The average molecular weight is 596 g/mol. The highest BCUT2D eigenvalue weighted by molar-refractivity contribution is 8.02. The quantitative estimate of drug-likeness (QED) is 0.310. The second-order valence-corrected chi connectivity index (χ2v) is 14.8. The van der Waals surface area contributed by atoms with Crippen molar-refractivity contribution in [2.75, 3.05) is 19.7 Å². The van der Waals surface area contributed by atoms with Crippen LogP contribution in [0.2, 0.25) is 0 Å². The first-order valence-corrected chi connectivity index (χ1v) is 16.3. The number of aliphatic hydroxyl groups is 1. The number of rotatable bonds is 14. The zero-order valence-corrected chi connectivity index (χ0v) is 26.8. The van der Waals surface area contributed by atoms with Gasteiger partial charge in [-0.2, -0.15) is 0 Å². The number of likely N-dealkylation sites (tertiary alicyclic amines) is 1. The standard InChI is InChI=1S/C34H49N3O4S/c1-8-14-24(6)36(20-10-3)32(41)29-34-18-17-33(7,42-34)27(28(34)31(40)37(29)26(22-38)23(4)5)30(39)35(19-9-2)21-25-15-12-11-13-16-25/h9-13,15-16,23-24,26-29,38H,2-3,8,14,17-22H2,1,4-7H3/t24?,26-,27-,28-,29?,33+,34?/m0/s1. The Morgan fingerprint density at radius 1 is 1.12 bits per heavy atom. The molecule has 3 saturated heterocycles. The van der Waals surface area contributed by atoms with Crippen LogP contribution < -0.4 is 0 Å². The summed E-state index contributed by atoms with van der Waals surface area (Å²) in [6.45, 7) is 19.0. The fourth-order valence-corrected chi connectivity index (χ4v) is 10.1. The summed E-state index contributed by atoms with van der Waals surface area (Å²) < 4.78 is -1.20. The Morgan fingerprint density at radius 3 is 2.36 bits per heavy atom. The molecule has 0 radical (unpaired) electrons. The fourth-order valence-electron chi connectivity index (χ4n) is 7.74. The van der Waals surface area contributed by atoms with Gasteiger partial charge in [0.2, 0.25) is 17.7 Å². The molecule has 1 N–H and O–H groups in total. The molecule has 0 aromatic heterocycles. The van der Waals surface area contributed by atoms with E-state index in [-0.39, 0.29) is 36.3 Å². The molecule has 8 heteroatoms. The highest BCUT2D eigenvalue weighted by atomic mass is 32.2. The predicted octanol–water partition coefficient (Wildman–Crippen LogP) is 4.90. The molecule has 0 aliphatic carbocycles. The van der Waals surface area contributed by atoms with E-state index < -0.39 is 33.4 Å². The summed E-state index contributed by atoms with van der Waals surface area (Å²) in [7, 11) is 0. The fraction of sp³-hybridized carbons (Fsp3) is 0.618. The Morgan fingerprint density at radius 2 is 1.79 bits per heavy atom. The van der Waals surface area contributed by atoms with Crippen molar-refractivity contribution in [3.63, 3.8) is 0 Å². The predicted molar refractivity (Wildman–Crippen MR) is 170 cm³/mol. The molecule has 3 aliphatic rings. The lowest BCUT2D eigenvalue weighted by Gasteiger charge is -2.42. The number of benzene rings is 1. The molecule has 0 saturated carbocycles. The summed E-state index contributed by atoms with van der Waals surface area (Å²) in [4.78, 5) is 49.3. The number of thioether (sulfide) groups is 1. The molecule has 1 aromatic carbocycles. The van der Waals surface area contributed by atoms with Crippen LogP contribution in [-0.4, -0.2) is 84.8 Å². The van der Waals surface area contributed by atoms with Crippen LogP contribution >= 0.6 is 11.8 Å². The minimum absolute atomic E-state index is 0.0231. The van der Waals surface area contributed by atoms with E-state index in [1.807, 2.05) is 49.1 Å². The lowest BCUT2D eigenvalue weighted by atomic mass is 9.66. The summed E-state index contributed by atoms with van der Waals surface area (Å²) >= 11 is 1.68. The lowest BCUT2D eigenvalue weighted by Crippen LogP contribution is -2.59. The Hall–Kier alpha value is -2.58. The number of amides is 3. The molecule has 3 aliphatic heterocycles. The topological polar surface area (TPSA) is 81.2 Å². The maximum Gasteiger partial charge on any atom is 0.247 e. The van der Waals surface area contributed by atoms with Crippen molar-refractivity contribution in [1.82, 2.24) is 14.7 Å². The van der Waals surface area contributed by atoms with Crippen LogP contribution in [0.25, 0.3) is 0 Å². The second-order valence-electron chi connectivity index (χ2n) is 12.9. The molecule has 7 atom stereocenters. The maximum absolute atomic E-state index is 14.7. The normalized spacial score (nSPS) is 29.4. The van der Waals surface area contributed by atoms with E-state index in [2.05, 4.69) is 33.9 Å². The molecule has 3 heterocycles. The van der Waals surface area contributed by atoms with E-state index in [1.54, 1.807) is 33.7 Å². The van der Waals surface area contributed by atoms with Gasteiger partial charge in [-0.1, -0.05) is 69.7 Å². The number of hydrogen-bond donors (Lipinski definition) is 1. The van der Waals surface area contributed by atoms with Gasteiger partial charge in [0.05, 0.1) is 29.2 Å². The Bertz CT molecular complexity index is 1170. The smallest absolute Gasteiger partial charge is 0.247 e. The van der Waals surface area contributed by atoms with E-state index in [0.29, 0.717) is 26.1 Å². The molecule has 1 spiro atoms. The van der Waals surface area contributed by atoms with Crippen molar-refractivity contribution < 1.29 is 19.5 Å². The second kappa shape index (κ2) is 13.0. The Balaban J connectivity index is 1.81. The third kappa shape index (κ3) is 5.45. The largest absolute Gasteiger partial charge is 0.394 e. The number of carbonyl (C=O) groups excluding carboxylic acids is 3. The molecule has 3 fully saturated rings. The van der Waals surface area contributed by atoms with Crippen molar-refractivity contribution >= 4 is 29.5 Å². The molecular weight excluding hydrogens is 546 g/mol. The summed E-state index contributed by atoms with van der Waals surface area (Å²) in [6.07, 6.45) is 6.68. The lowest BCUT2D eigenvalue weighted by molar-refractivity contribution is -0.149. The van der Waals surface area contributed by atoms with Crippen molar-refractivity contribution in [1.29, 1.82) is 0 Å². The van der Waals surface area contributed by atoms with Crippen molar-refractivity contribution in [3.05, 3.63) is 61.2 Å². The van der Waals surface area contributed by atoms with Gasteiger partial charge in [-0.3, -0.25) is 14.4 Å². The average Bonchev–Trinajstić information content (AvgIpc) is 3.52. The van der Waals surface area contributed by atoms with Gasteiger partial charge < -0.3 is 19.8 Å². The monoisotopic (exact) mass is 595 g/mol. The molecule has 3 unspecified atom stereocenters. The highest BCUT2D eigenvalue weighted by Gasteiger charge is 2.78. The van der Waals surface area contributed by atoms with Crippen molar-refractivity contribution in [3.8, 4) is 0 Å². The van der Waals surface area contributed by atoms with Gasteiger partial charge in [-0.05, 0) is 44.6 Å². The van der Waals surface area contributed by atoms with Crippen LogP contribution in [-0.2, 0) is 20.9 Å². The van der Waals surface area contributed by atoms with E-state index in [4.69, 9.17) is 0 Å². The minimum Gasteiger partial charge on any atom is -0.394 e. The van der Waals surface area contributed by atoms with E-state index >= 15 is 0 Å². The van der Waals surface area contributed by atoms with Gasteiger partial charge in [-0.25, -0.2) is 0 Å². The maximum atomic E-state index is 14.7. The summed E-state index contributed by atoms with van der Waals surface area (Å²) in [5.41, 5.74) is 1.01. The molecule has 7 nitrogen and oxygen atoms in total. The number of carbonyl (C=O) groups is 3. The number of aliphatic hydroxyl groups excluding tert-OH is 1. The Labute approximate surface area is 256 Å². The zero-order valence-electron chi connectivity index (χ0n) is 26.0. The molecular formula is C34H49N3O4S. The van der Waals surface area contributed by atoms with Gasteiger partial charge in [-0.15, -0.1) is 24.9 Å². The third-order valence-corrected chi connectivity index (χ3v) is 11.7. The third-order valence-electron chi connectivity index (χ3n) is 9.75. The summed E-state index contributed by atoms with van der Waals surface area (Å²) in [5.74, 6) is -1.59. The molecule has 230 valence electrons. The van der Waals surface area contributed by atoms with Gasteiger partial charge in [0.1, 0.15) is 6.04 Å². The van der Waals surface area contributed by atoms with E-state index in [0.717, 1.165) is 24.8 Å². The van der Waals surface area contributed by atoms with Gasteiger partial charge in [0.15, 0.2) is 0 Å². The number of hydrogen-bond acceptors (Lipinski definition) is 5. The van der Waals surface area contributed by atoms with Crippen LogP contribution in [0.3, 0.4) is 0 Å². The highest BCUT2D eigenvalue weighted by Crippen LogP contribution is 2.72. The first kappa shape index (κ1) is 32.3. The van der Waals surface area contributed by atoms with Crippen molar-refractivity contribution in [2.24, 2.45) is 17.8 Å². The first-order chi connectivity index (χ1) is 20.0. The zero-order chi connectivity index (χ0) is 30.8. The number of fused-ring (bicyclic) bond motifs is 1. The van der Waals surface area contributed by atoms with Crippen LogP contribution in [0.15, 0.2) is 55.6 Å². The van der Waals surface area contributed by atoms with Crippen LogP contribution in [0.5, 0.6) is 0 Å². The number of nitrogens with zero attached hydrogens (tertiary/aromatic N) is 3.